The minimum Gasteiger partial charge on any atom is -0.496 e. The lowest BCUT2D eigenvalue weighted by Crippen LogP contribution is -2.39. The molecule has 0 aliphatic heterocycles. The fourth-order valence-electron chi connectivity index (χ4n) is 2.96. The van der Waals surface area contributed by atoms with Gasteiger partial charge in [-0.3, -0.25) is 4.79 Å². The first-order chi connectivity index (χ1) is 13.7. The summed E-state index contributed by atoms with van der Waals surface area (Å²) in [6.07, 6.45) is 0. The van der Waals surface area contributed by atoms with Gasteiger partial charge in [0.2, 0.25) is 15.9 Å². The lowest BCUT2D eigenvalue weighted by molar-refractivity contribution is -0.121. The van der Waals surface area contributed by atoms with Crippen LogP contribution >= 0.6 is 0 Å². The molecular formula is C21H28N2O5S. The highest BCUT2D eigenvalue weighted by atomic mass is 32.2. The Morgan fingerprint density at radius 2 is 1.86 bits per heavy atom. The Hall–Kier alpha value is -2.58. The van der Waals surface area contributed by atoms with Crippen LogP contribution in [0.2, 0.25) is 0 Å². The van der Waals surface area contributed by atoms with Gasteiger partial charge in [-0.15, -0.1) is 0 Å². The van der Waals surface area contributed by atoms with Crippen molar-refractivity contribution in [3.05, 3.63) is 53.6 Å². The number of nitrogens with zero attached hydrogens (tertiary/aromatic N) is 1. The van der Waals surface area contributed by atoms with Gasteiger partial charge in [0.05, 0.1) is 31.2 Å². The normalized spacial score (nSPS) is 12.5. The summed E-state index contributed by atoms with van der Waals surface area (Å²) >= 11 is 0. The Bertz CT molecular complexity index is 959. The van der Waals surface area contributed by atoms with Crippen molar-refractivity contribution in [2.24, 2.45) is 0 Å². The summed E-state index contributed by atoms with van der Waals surface area (Å²) in [5.41, 5.74) is 1.53. The zero-order valence-corrected chi connectivity index (χ0v) is 18.2. The van der Waals surface area contributed by atoms with Gasteiger partial charge in [-0.2, -0.15) is 4.31 Å². The SMILES string of the molecule is CCOc1ccc(S(=O)(=O)N(C)CC(=O)NC(C)c2ccccc2OC)cc1C. The number of carbonyl (C=O) groups is 1. The summed E-state index contributed by atoms with van der Waals surface area (Å²) in [4.78, 5) is 12.6. The standard InChI is InChI=1S/C21H28N2O5S/c1-6-28-19-12-11-17(13-15(19)2)29(25,26)23(4)14-21(24)22-16(3)18-9-7-8-10-20(18)27-5/h7-13,16H,6,14H2,1-5H3,(H,22,24). The molecule has 0 spiro atoms. The number of aryl methyl sites for hydroxylation is 1. The largest absolute Gasteiger partial charge is 0.496 e. The van der Waals surface area contributed by atoms with Crippen LogP contribution in [0.4, 0.5) is 0 Å². The maximum atomic E-state index is 12.8. The van der Waals surface area contributed by atoms with Gasteiger partial charge in [0.15, 0.2) is 0 Å². The van der Waals surface area contributed by atoms with Crippen molar-refractivity contribution in [2.75, 3.05) is 27.3 Å². The molecule has 0 fully saturated rings. The van der Waals surface area contributed by atoms with E-state index in [-0.39, 0.29) is 17.5 Å². The number of hydrogen-bond acceptors (Lipinski definition) is 5. The van der Waals surface area contributed by atoms with E-state index in [0.717, 1.165) is 15.4 Å². The Balaban J connectivity index is 2.09. The summed E-state index contributed by atoms with van der Waals surface area (Å²) in [5.74, 6) is 0.890. The number of amides is 1. The minimum atomic E-state index is -3.81. The van der Waals surface area contributed by atoms with E-state index in [9.17, 15) is 13.2 Å². The van der Waals surface area contributed by atoms with Gasteiger partial charge in [0.25, 0.3) is 0 Å². The predicted molar refractivity (Wildman–Crippen MR) is 112 cm³/mol. The molecule has 2 aromatic rings. The number of rotatable bonds is 9. The molecule has 1 N–H and O–H groups in total. The van der Waals surface area contributed by atoms with Crippen molar-refractivity contribution in [1.82, 2.24) is 9.62 Å². The van der Waals surface area contributed by atoms with Crippen LogP contribution in [0, 0.1) is 6.92 Å². The van der Waals surface area contributed by atoms with E-state index in [4.69, 9.17) is 9.47 Å². The average molecular weight is 421 g/mol. The first-order valence-corrected chi connectivity index (χ1v) is 10.8. The van der Waals surface area contributed by atoms with Gasteiger partial charge in [0, 0.05) is 12.6 Å². The number of para-hydroxylation sites is 1. The second kappa shape index (κ2) is 9.76. The van der Waals surface area contributed by atoms with E-state index in [1.165, 1.54) is 13.1 Å². The Labute approximate surface area is 172 Å². The summed E-state index contributed by atoms with van der Waals surface area (Å²) < 4.78 is 37.5. The van der Waals surface area contributed by atoms with E-state index in [1.54, 1.807) is 26.2 Å². The molecule has 0 radical (unpaired) electrons. The molecule has 2 aromatic carbocycles. The van der Waals surface area contributed by atoms with E-state index in [0.29, 0.717) is 18.1 Å². The second-order valence-corrected chi connectivity index (χ2v) is 8.70. The molecule has 2 rings (SSSR count). The van der Waals surface area contributed by atoms with Gasteiger partial charge in [-0.05, 0) is 50.6 Å². The number of sulfonamides is 1. The summed E-state index contributed by atoms with van der Waals surface area (Å²) in [7, 11) is -0.864. The number of hydrogen-bond donors (Lipinski definition) is 1. The van der Waals surface area contributed by atoms with Gasteiger partial charge < -0.3 is 14.8 Å². The van der Waals surface area contributed by atoms with E-state index in [2.05, 4.69) is 5.32 Å². The molecule has 1 unspecified atom stereocenters. The quantitative estimate of drug-likeness (QED) is 0.674. The van der Waals surface area contributed by atoms with Crippen molar-refractivity contribution in [2.45, 2.75) is 31.7 Å². The molecule has 29 heavy (non-hydrogen) atoms. The molecule has 0 aliphatic carbocycles. The smallest absolute Gasteiger partial charge is 0.243 e. The molecule has 8 heteroatoms. The third-order valence-corrected chi connectivity index (χ3v) is 6.30. The van der Waals surface area contributed by atoms with Crippen molar-refractivity contribution in [3.63, 3.8) is 0 Å². The van der Waals surface area contributed by atoms with Crippen LogP contribution in [0.15, 0.2) is 47.4 Å². The van der Waals surface area contributed by atoms with Crippen molar-refractivity contribution < 1.29 is 22.7 Å². The highest BCUT2D eigenvalue weighted by Gasteiger charge is 2.24. The Morgan fingerprint density at radius 3 is 2.48 bits per heavy atom. The lowest BCUT2D eigenvalue weighted by atomic mass is 10.1. The number of carbonyl (C=O) groups excluding carboxylic acids is 1. The molecule has 0 heterocycles. The third-order valence-electron chi connectivity index (χ3n) is 4.50. The summed E-state index contributed by atoms with van der Waals surface area (Å²) in [5, 5.41) is 2.82. The van der Waals surface area contributed by atoms with Crippen LogP contribution < -0.4 is 14.8 Å². The molecule has 158 valence electrons. The summed E-state index contributed by atoms with van der Waals surface area (Å²) in [6.45, 7) is 5.67. The average Bonchev–Trinajstić information content (AvgIpc) is 2.69. The number of benzene rings is 2. The van der Waals surface area contributed by atoms with Crippen molar-refractivity contribution >= 4 is 15.9 Å². The van der Waals surface area contributed by atoms with Crippen molar-refractivity contribution in [3.8, 4) is 11.5 Å². The Morgan fingerprint density at radius 1 is 1.17 bits per heavy atom. The molecule has 0 bridgehead atoms. The maximum Gasteiger partial charge on any atom is 0.243 e. The molecular weight excluding hydrogens is 392 g/mol. The molecule has 0 saturated heterocycles. The number of ether oxygens (including phenoxy) is 2. The van der Waals surface area contributed by atoms with E-state index < -0.39 is 15.9 Å². The van der Waals surface area contributed by atoms with Crippen LogP contribution in [0.25, 0.3) is 0 Å². The minimum absolute atomic E-state index is 0.117. The first-order valence-electron chi connectivity index (χ1n) is 9.32. The molecule has 7 nitrogen and oxygen atoms in total. The fourth-order valence-corrected chi connectivity index (χ4v) is 4.17. The maximum absolute atomic E-state index is 12.8. The van der Waals surface area contributed by atoms with Crippen LogP contribution in [0.3, 0.4) is 0 Å². The van der Waals surface area contributed by atoms with Crippen LogP contribution in [-0.2, 0) is 14.8 Å². The summed E-state index contributed by atoms with van der Waals surface area (Å²) in [6, 6.07) is 11.7. The molecule has 0 aliphatic rings. The molecule has 0 saturated carbocycles. The monoisotopic (exact) mass is 420 g/mol. The van der Waals surface area contributed by atoms with Gasteiger partial charge in [-0.1, -0.05) is 18.2 Å². The van der Waals surface area contributed by atoms with Gasteiger partial charge in [0.1, 0.15) is 11.5 Å². The zero-order valence-electron chi connectivity index (χ0n) is 17.4. The van der Waals surface area contributed by atoms with Crippen LogP contribution in [-0.4, -0.2) is 45.9 Å². The van der Waals surface area contributed by atoms with E-state index >= 15 is 0 Å². The van der Waals surface area contributed by atoms with E-state index in [1.807, 2.05) is 38.1 Å². The third kappa shape index (κ3) is 5.48. The molecule has 1 amide bonds. The van der Waals surface area contributed by atoms with Gasteiger partial charge >= 0.3 is 0 Å². The molecule has 0 aromatic heterocycles. The highest BCUT2D eigenvalue weighted by molar-refractivity contribution is 7.89. The predicted octanol–water partition coefficient (Wildman–Crippen LogP) is 2.90. The first kappa shape index (κ1) is 22.7. The van der Waals surface area contributed by atoms with Crippen LogP contribution in [0.1, 0.15) is 31.0 Å². The topological polar surface area (TPSA) is 84.9 Å². The van der Waals surface area contributed by atoms with Crippen LogP contribution in [0.5, 0.6) is 11.5 Å². The number of methoxy groups -OCH3 is 1. The Kier molecular flexibility index (Phi) is 7.64. The molecule has 1 atom stereocenters. The number of likely N-dealkylation sites (N-methyl/N-ethyl adjacent to an activating group) is 1. The highest BCUT2D eigenvalue weighted by Crippen LogP contribution is 2.25. The lowest BCUT2D eigenvalue weighted by Gasteiger charge is -2.21. The van der Waals surface area contributed by atoms with Crippen molar-refractivity contribution in [1.29, 1.82) is 0 Å². The second-order valence-electron chi connectivity index (χ2n) is 6.65. The van der Waals surface area contributed by atoms with Gasteiger partial charge in [-0.25, -0.2) is 8.42 Å². The number of nitrogens with one attached hydrogen (secondary N) is 1. The fraction of sp³-hybridized carbons (Fsp3) is 0.381. The zero-order chi connectivity index (χ0) is 21.6.